The molecule has 0 bridgehead atoms. The number of hydrogen-bond donors (Lipinski definition) is 1. The van der Waals surface area contributed by atoms with Crippen molar-refractivity contribution in [1.29, 1.82) is 0 Å². The monoisotopic (exact) mass is 278 g/mol. The number of rotatable bonds is 6. The number of para-hydroxylation sites is 1. The molecule has 1 aliphatic rings. The smallest absolute Gasteiger partial charge is 0.305 e. The number of morpholine rings is 1. The van der Waals surface area contributed by atoms with Crippen molar-refractivity contribution in [3.05, 3.63) is 30.3 Å². The standard InChI is InChI=1S/C15H22N2O3/c1-16-9-10-20-14(11-16)12-17(8-7-15(18)19)13-5-3-2-4-6-13/h2-6,14H,7-12H2,1H3,(H,18,19). The van der Waals surface area contributed by atoms with Gasteiger partial charge in [0, 0.05) is 31.9 Å². The molecular weight excluding hydrogens is 256 g/mol. The molecule has 1 N–H and O–H groups in total. The summed E-state index contributed by atoms with van der Waals surface area (Å²) in [5, 5.41) is 8.89. The molecule has 0 amide bonds. The van der Waals surface area contributed by atoms with Gasteiger partial charge in [-0.25, -0.2) is 0 Å². The van der Waals surface area contributed by atoms with Crippen LogP contribution in [-0.4, -0.2) is 61.9 Å². The topological polar surface area (TPSA) is 53.0 Å². The summed E-state index contributed by atoms with van der Waals surface area (Å²) in [5.74, 6) is -0.771. The summed E-state index contributed by atoms with van der Waals surface area (Å²) >= 11 is 0. The molecule has 0 saturated carbocycles. The zero-order valence-corrected chi connectivity index (χ0v) is 11.9. The Hall–Kier alpha value is -1.59. The van der Waals surface area contributed by atoms with Gasteiger partial charge in [0.2, 0.25) is 0 Å². The molecule has 0 aromatic heterocycles. The van der Waals surface area contributed by atoms with Crippen LogP contribution in [0.3, 0.4) is 0 Å². The van der Waals surface area contributed by atoms with Gasteiger partial charge in [-0.3, -0.25) is 4.79 Å². The minimum atomic E-state index is -0.771. The number of carboxylic acid groups (broad SMARTS) is 1. The molecule has 5 nitrogen and oxygen atoms in total. The molecule has 110 valence electrons. The maximum atomic E-state index is 10.8. The van der Waals surface area contributed by atoms with Crippen LogP contribution < -0.4 is 4.90 Å². The fraction of sp³-hybridized carbons (Fsp3) is 0.533. The van der Waals surface area contributed by atoms with Gasteiger partial charge in [0.25, 0.3) is 0 Å². The Morgan fingerprint density at radius 1 is 1.45 bits per heavy atom. The highest BCUT2D eigenvalue weighted by Crippen LogP contribution is 2.16. The number of anilines is 1. The molecule has 0 aliphatic carbocycles. The second kappa shape index (κ2) is 7.26. The molecule has 1 fully saturated rings. The number of ether oxygens (including phenoxy) is 1. The number of benzene rings is 1. The van der Waals surface area contributed by atoms with E-state index in [1.807, 2.05) is 30.3 Å². The predicted molar refractivity (Wildman–Crippen MR) is 78.1 cm³/mol. The molecule has 1 aliphatic heterocycles. The largest absolute Gasteiger partial charge is 0.481 e. The fourth-order valence-corrected chi connectivity index (χ4v) is 2.42. The first kappa shape index (κ1) is 14.8. The van der Waals surface area contributed by atoms with Crippen LogP contribution in [-0.2, 0) is 9.53 Å². The summed E-state index contributed by atoms with van der Waals surface area (Å²) in [6.45, 7) is 3.81. The third-order valence-corrected chi connectivity index (χ3v) is 3.48. The van der Waals surface area contributed by atoms with Crippen LogP contribution in [0.4, 0.5) is 5.69 Å². The Kier molecular flexibility index (Phi) is 5.38. The SMILES string of the molecule is CN1CCOC(CN(CCC(=O)O)c2ccccc2)C1. The molecule has 5 heteroatoms. The highest BCUT2D eigenvalue weighted by atomic mass is 16.5. The first-order valence-corrected chi connectivity index (χ1v) is 6.97. The zero-order valence-electron chi connectivity index (χ0n) is 11.9. The molecule has 1 aromatic rings. The van der Waals surface area contributed by atoms with Crippen molar-refractivity contribution in [2.45, 2.75) is 12.5 Å². The van der Waals surface area contributed by atoms with Crippen LogP contribution in [0.1, 0.15) is 6.42 Å². The van der Waals surface area contributed by atoms with Gasteiger partial charge in [-0.05, 0) is 19.2 Å². The summed E-state index contributed by atoms with van der Waals surface area (Å²) in [4.78, 5) is 15.2. The molecule has 1 unspecified atom stereocenters. The first-order valence-electron chi connectivity index (χ1n) is 6.97. The summed E-state index contributed by atoms with van der Waals surface area (Å²) in [5.41, 5.74) is 1.05. The summed E-state index contributed by atoms with van der Waals surface area (Å²) < 4.78 is 5.78. The zero-order chi connectivity index (χ0) is 14.4. The van der Waals surface area contributed by atoms with E-state index in [0.717, 1.165) is 31.9 Å². The summed E-state index contributed by atoms with van der Waals surface area (Å²) in [6, 6.07) is 9.92. The fourth-order valence-electron chi connectivity index (χ4n) is 2.42. The number of carboxylic acids is 1. The minimum absolute atomic E-state index is 0.128. The molecule has 0 spiro atoms. The van der Waals surface area contributed by atoms with Crippen LogP contribution >= 0.6 is 0 Å². The average Bonchev–Trinajstić information content (AvgIpc) is 2.44. The summed E-state index contributed by atoms with van der Waals surface area (Å²) in [7, 11) is 2.08. The third kappa shape index (κ3) is 4.51. The Labute approximate surface area is 119 Å². The number of aliphatic carboxylic acids is 1. The van der Waals surface area contributed by atoms with Crippen LogP contribution in [0.2, 0.25) is 0 Å². The average molecular weight is 278 g/mol. The van der Waals surface area contributed by atoms with Gasteiger partial charge < -0.3 is 19.6 Å². The lowest BCUT2D eigenvalue weighted by Gasteiger charge is -2.34. The van der Waals surface area contributed by atoms with E-state index in [9.17, 15) is 4.79 Å². The van der Waals surface area contributed by atoms with Crippen molar-refractivity contribution in [1.82, 2.24) is 4.90 Å². The van der Waals surface area contributed by atoms with E-state index in [4.69, 9.17) is 9.84 Å². The van der Waals surface area contributed by atoms with E-state index in [2.05, 4.69) is 16.8 Å². The summed E-state index contributed by atoms with van der Waals surface area (Å²) in [6.07, 6.45) is 0.264. The van der Waals surface area contributed by atoms with Gasteiger partial charge in [0.15, 0.2) is 0 Å². The lowest BCUT2D eigenvalue weighted by Crippen LogP contribution is -2.46. The molecule has 0 radical (unpaired) electrons. The maximum Gasteiger partial charge on any atom is 0.305 e. The van der Waals surface area contributed by atoms with Gasteiger partial charge in [0.05, 0.1) is 19.1 Å². The van der Waals surface area contributed by atoms with Gasteiger partial charge in [-0.2, -0.15) is 0 Å². The van der Waals surface area contributed by atoms with E-state index in [1.54, 1.807) is 0 Å². The molecule has 20 heavy (non-hydrogen) atoms. The number of nitrogens with zero attached hydrogens (tertiary/aromatic N) is 2. The van der Waals surface area contributed by atoms with Gasteiger partial charge >= 0.3 is 5.97 Å². The van der Waals surface area contributed by atoms with E-state index in [1.165, 1.54) is 0 Å². The first-order chi connectivity index (χ1) is 9.65. The molecule has 1 saturated heterocycles. The van der Waals surface area contributed by atoms with Crippen LogP contribution in [0, 0.1) is 0 Å². The van der Waals surface area contributed by atoms with Crippen LogP contribution in [0.15, 0.2) is 30.3 Å². The van der Waals surface area contributed by atoms with E-state index >= 15 is 0 Å². The lowest BCUT2D eigenvalue weighted by molar-refractivity contribution is -0.136. The predicted octanol–water partition coefficient (Wildman–Crippen LogP) is 1.30. The van der Waals surface area contributed by atoms with Gasteiger partial charge in [-0.1, -0.05) is 18.2 Å². The van der Waals surface area contributed by atoms with Crippen LogP contribution in [0.25, 0.3) is 0 Å². The van der Waals surface area contributed by atoms with E-state index < -0.39 is 5.97 Å². The molecule has 1 heterocycles. The normalized spacial score (nSPS) is 19.8. The second-order valence-corrected chi connectivity index (χ2v) is 5.18. The van der Waals surface area contributed by atoms with Crippen molar-refractivity contribution in [2.75, 3.05) is 44.7 Å². The quantitative estimate of drug-likeness (QED) is 0.850. The molecule has 2 rings (SSSR count). The minimum Gasteiger partial charge on any atom is -0.481 e. The maximum absolute atomic E-state index is 10.8. The highest BCUT2D eigenvalue weighted by Gasteiger charge is 2.21. The van der Waals surface area contributed by atoms with Crippen LogP contribution in [0.5, 0.6) is 0 Å². The van der Waals surface area contributed by atoms with E-state index in [-0.39, 0.29) is 12.5 Å². The van der Waals surface area contributed by atoms with Crippen molar-refractivity contribution in [3.63, 3.8) is 0 Å². The van der Waals surface area contributed by atoms with Gasteiger partial charge in [-0.15, -0.1) is 0 Å². The van der Waals surface area contributed by atoms with E-state index in [0.29, 0.717) is 6.54 Å². The number of hydrogen-bond acceptors (Lipinski definition) is 4. The molecule has 1 atom stereocenters. The Bertz CT molecular complexity index is 424. The second-order valence-electron chi connectivity index (χ2n) is 5.18. The molecular formula is C15H22N2O3. The third-order valence-electron chi connectivity index (χ3n) is 3.48. The van der Waals surface area contributed by atoms with Crippen molar-refractivity contribution in [2.24, 2.45) is 0 Å². The number of carbonyl (C=O) groups is 1. The Morgan fingerprint density at radius 3 is 2.85 bits per heavy atom. The van der Waals surface area contributed by atoms with Crippen molar-refractivity contribution >= 4 is 11.7 Å². The molecule has 1 aromatic carbocycles. The van der Waals surface area contributed by atoms with Crippen molar-refractivity contribution in [3.8, 4) is 0 Å². The van der Waals surface area contributed by atoms with Crippen molar-refractivity contribution < 1.29 is 14.6 Å². The Balaban J connectivity index is 2.00. The number of likely N-dealkylation sites (N-methyl/N-ethyl adjacent to an activating group) is 1. The van der Waals surface area contributed by atoms with Gasteiger partial charge in [0.1, 0.15) is 0 Å². The lowest BCUT2D eigenvalue weighted by atomic mass is 10.2. The Morgan fingerprint density at radius 2 is 2.20 bits per heavy atom. The highest BCUT2D eigenvalue weighted by molar-refractivity contribution is 5.67.